The zero-order valence-corrected chi connectivity index (χ0v) is 19.9. The Morgan fingerprint density at radius 3 is 2.58 bits per heavy atom. The maximum Gasteiger partial charge on any atom is 0.309 e. The van der Waals surface area contributed by atoms with Crippen LogP contribution >= 0.6 is 11.6 Å². The molecule has 1 aliphatic rings. The van der Waals surface area contributed by atoms with Crippen LogP contribution in [0.3, 0.4) is 0 Å². The van der Waals surface area contributed by atoms with Gasteiger partial charge in [-0.25, -0.2) is 13.4 Å². The van der Waals surface area contributed by atoms with E-state index in [1.807, 2.05) is 13.8 Å². The molecule has 1 N–H and O–H groups in total. The second-order valence-electron chi connectivity index (χ2n) is 8.21. The number of piperidine rings is 1. The molecule has 0 amide bonds. The first-order chi connectivity index (χ1) is 15.6. The molecule has 4 rings (SSSR count). The molecule has 10 heteroatoms. The molecule has 0 atom stereocenters. The molecule has 8 nitrogen and oxygen atoms in total. The third-order valence-corrected chi connectivity index (χ3v) is 8.10. The topological polar surface area (TPSA) is 109 Å². The lowest BCUT2D eigenvalue weighted by Crippen LogP contribution is -2.40. The normalized spacial score (nSPS) is 15.6. The van der Waals surface area contributed by atoms with Crippen LogP contribution in [0.2, 0.25) is 5.02 Å². The number of nitrogens with zero attached hydrogens (tertiary/aromatic N) is 2. The summed E-state index contributed by atoms with van der Waals surface area (Å²) >= 11 is 5.97. The number of aromatic amines is 1. The van der Waals surface area contributed by atoms with Crippen molar-refractivity contribution >= 4 is 38.5 Å². The number of aryl methyl sites for hydroxylation is 2. The first kappa shape index (κ1) is 23.4. The minimum absolute atomic E-state index is 0.183. The van der Waals surface area contributed by atoms with E-state index in [0.29, 0.717) is 28.8 Å². The minimum Gasteiger partial charge on any atom is -0.457 e. The quantitative estimate of drug-likeness (QED) is 0.550. The first-order valence-electron chi connectivity index (χ1n) is 10.6. The molecular formula is C23H24ClN3O5S. The number of ether oxygens (including phenoxy) is 1. The SMILES string of the molecule is Cc1ccc(S(=O)(=O)N2CCC(C(=O)OCc3nc4cc(Cl)ccc4c(=O)[nH]3)CC2)cc1C. The third kappa shape index (κ3) is 4.95. The molecule has 0 unspecified atom stereocenters. The summed E-state index contributed by atoms with van der Waals surface area (Å²) in [6.07, 6.45) is 0.723. The van der Waals surface area contributed by atoms with E-state index in [9.17, 15) is 18.0 Å². The summed E-state index contributed by atoms with van der Waals surface area (Å²) in [5.74, 6) is -0.636. The number of sulfonamides is 1. The van der Waals surface area contributed by atoms with Crippen LogP contribution in [0.25, 0.3) is 10.9 Å². The summed E-state index contributed by atoms with van der Waals surface area (Å²) in [5.41, 5.74) is 2.02. The molecule has 2 aromatic carbocycles. The Kier molecular flexibility index (Phi) is 6.56. The zero-order valence-electron chi connectivity index (χ0n) is 18.3. The molecule has 1 aliphatic heterocycles. The van der Waals surface area contributed by atoms with Crippen LogP contribution in [-0.2, 0) is 26.2 Å². The number of carbonyl (C=O) groups is 1. The van der Waals surface area contributed by atoms with E-state index in [-0.39, 0.29) is 36.0 Å². The molecule has 3 aromatic rings. The fraction of sp³-hybridized carbons (Fsp3) is 0.348. The van der Waals surface area contributed by atoms with E-state index >= 15 is 0 Å². The summed E-state index contributed by atoms with van der Waals surface area (Å²) in [4.78, 5) is 31.9. The summed E-state index contributed by atoms with van der Waals surface area (Å²) in [6.45, 7) is 4.10. The number of H-pyrrole nitrogens is 1. The molecule has 33 heavy (non-hydrogen) atoms. The van der Waals surface area contributed by atoms with E-state index < -0.39 is 21.9 Å². The highest BCUT2D eigenvalue weighted by molar-refractivity contribution is 7.89. The lowest BCUT2D eigenvalue weighted by atomic mass is 9.98. The van der Waals surface area contributed by atoms with Gasteiger partial charge < -0.3 is 9.72 Å². The van der Waals surface area contributed by atoms with E-state index in [1.54, 1.807) is 36.4 Å². The molecule has 174 valence electrons. The van der Waals surface area contributed by atoms with Gasteiger partial charge in [0.2, 0.25) is 10.0 Å². The highest BCUT2D eigenvalue weighted by Gasteiger charge is 2.33. The van der Waals surface area contributed by atoms with Crippen molar-refractivity contribution in [1.29, 1.82) is 0 Å². The van der Waals surface area contributed by atoms with Crippen molar-refractivity contribution in [3.8, 4) is 0 Å². The number of halogens is 1. The van der Waals surface area contributed by atoms with E-state index in [2.05, 4.69) is 9.97 Å². The maximum absolute atomic E-state index is 13.0. The Hall–Kier alpha value is -2.75. The average Bonchev–Trinajstić information content (AvgIpc) is 2.79. The van der Waals surface area contributed by atoms with Crippen molar-refractivity contribution in [1.82, 2.24) is 14.3 Å². The number of hydrogen-bond donors (Lipinski definition) is 1. The summed E-state index contributed by atoms with van der Waals surface area (Å²) < 4.78 is 32.7. The third-order valence-electron chi connectivity index (χ3n) is 5.97. The molecule has 1 aromatic heterocycles. The van der Waals surface area contributed by atoms with Crippen LogP contribution in [0, 0.1) is 19.8 Å². The van der Waals surface area contributed by atoms with Gasteiger partial charge in [0.1, 0.15) is 12.4 Å². The molecule has 1 saturated heterocycles. The van der Waals surface area contributed by atoms with Crippen molar-refractivity contribution in [2.75, 3.05) is 13.1 Å². The van der Waals surface area contributed by atoms with Crippen molar-refractivity contribution in [3.63, 3.8) is 0 Å². The van der Waals surface area contributed by atoms with Crippen LogP contribution in [0.15, 0.2) is 46.1 Å². The predicted molar refractivity (Wildman–Crippen MR) is 125 cm³/mol. The van der Waals surface area contributed by atoms with Crippen LogP contribution < -0.4 is 5.56 Å². The van der Waals surface area contributed by atoms with Gasteiger partial charge in [-0.05, 0) is 68.1 Å². The number of carbonyl (C=O) groups excluding carboxylic acids is 1. The van der Waals surface area contributed by atoms with Crippen LogP contribution in [0.5, 0.6) is 0 Å². The molecular weight excluding hydrogens is 466 g/mol. The smallest absolute Gasteiger partial charge is 0.309 e. The van der Waals surface area contributed by atoms with Gasteiger partial charge in [0.15, 0.2) is 0 Å². The van der Waals surface area contributed by atoms with Crippen molar-refractivity contribution < 1.29 is 17.9 Å². The van der Waals surface area contributed by atoms with Gasteiger partial charge in [0.05, 0.1) is 21.7 Å². The van der Waals surface area contributed by atoms with Gasteiger partial charge in [0, 0.05) is 18.1 Å². The maximum atomic E-state index is 13.0. The number of hydrogen-bond acceptors (Lipinski definition) is 6. The Morgan fingerprint density at radius 2 is 1.88 bits per heavy atom. The number of fused-ring (bicyclic) bond motifs is 1. The summed E-state index contributed by atoms with van der Waals surface area (Å²) in [7, 11) is -3.61. The number of aromatic nitrogens is 2. The molecule has 1 fully saturated rings. The van der Waals surface area contributed by atoms with E-state index in [4.69, 9.17) is 16.3 Å². The molecule has 0 saturated carbocycles. The molecule has 2 heterocycles. The monoisotopic (exact) mass is 489 g/mol. The molecule has 0 bridgehead atoms. The number of benzene rings is 2. The highest BCUT2D eigenvalue weighted by Crippen LogP contribution is 2.26. The minimum atomic E-state index is -3.61. The second kappa shape index (κ2) is 9.24. The van der Waals surface area contributed by atoms with Gasteiger partial charge >= 0.3 is 5.97 Å². The van der Waals surface area contributed by atoms with E-state index in [1.165, 1.54) is 4.31 Å². The highest BCUT2D eigenvalue weighted by atomic mass is 35.5. The Balaban J connectivity index is 1.37. The van der Waals surface area contributed by atoms with Crippen molar-refractivity contribution in [2.24, 2.45) is 5.92 Å². The Labute approximate surface area is 196 Å². The molecule has 0 aliphatic carbocycles. The molecule has 0 spiro atoms. The zero-order chi connectivity index (χ0) is 23.8. The lowest BCUT2D eigenvalue weighted by Gasteiger charge is -2.30. The van der Waals surface area contributed by atoms with Gasteiger partial charge in [-0.15, -0.1) is 0 Å². The number of esters is 1. The van der Waals surface area contributed by atoms with Gasteiger partial charge in [0.25, 0.3) is 5.56 Å². The van der Waals surface area contributed by atoms with Crippen molar-refractivity contribution in [2.45, 2.75) is 38.2 Å². The van der Waals surface area contributed by atoms with Gasteiger partial charge in [-0.1, -0.05) is 17.7 Å². The standard InChI is InChI=1S/C23H24ClN3O5S/c1-14-3-5-18(11-15(14)2)33(30,31)27-9-7-16(8-10-27)23(29)32-13-21-25-20-12-17(24)4-6-19(20)22(28)26-21/h3-6,11-12,16H,7-10,13H2,1-2H3,(H,25,26,28). The van der Waals surface area contributed by atoms with Crippen LogP contribution in [0.4, 0.5) is 0 Å². The van der Waals surface area contributed by atoms with Crippen molar-refractivity contribution in [3.05, 3.63) is 68.7 Å². The predicted octanol–water partition coefficient (Wildman–Crippen LogP) is 3.34. The fourth-order valence-electron chi connectivity index (χ4n) is 3.84. The van der Waals surface area contributed by atoms with E-state index in [0.717, 1.165) is 11.1 Å². The number of nitrogens with one attached hydrogen (secondary N) is 1. The Morgan fingerprint density at radius 1 is 1.15 bits per heavy atom. The lowest BCUT2D eigenvalue weighted by molar-refractivity contribution is -0.151. The largest absolute Gasteiger partial charge is 0.457 e. The number of rotatable bonds is 5. The fourth-order valence-corrected chi connectivity index (χ4v) is 5.56. The molecule has 0 radical (unpaired) electrons. The van der Waals surface area contributed by atoms with Crippen LogP contribution in [0.1, 0.15) is 29.8 Å². The average molecular weight is 490 g/mol. The Bertz CT molecular complexity index is 1380. The summed E-state index contributed by atoms with van der Waals surface area (Å²) in [5, 5.41) is 0.845. The van der Waals surface area contributed by atoms with Crippen LogP contribution in [-0.4, -0.2) is 41.7 Å². The second-order valence-corrected chi connectivity index (χ2v) is 10.6. The summed E-state index contributed by atoms with van der Waals surface area (Å²) in [6, 6.07) is 9.85. The van der Waals surface area contributed by atoms with Gasteiger partial charge in [-0.3, -0.25) is 9.59 Å². The van der Waals surface area contributed by atoms with Gasteiger partial charge in [-0.2, -0.15) is 4.31 Å². The first-order valence-corrected chi connectivity index (χ1v) is 12.4.